The highest BCUT2D eigenvalue weighted by atomic mass is 16.2. The minimum Gasteiger partial charge on any atom is -0.359 e. The topological polar surface area (TPSA) is 52.7 Å². The van der Waals surface area contributed by atoms with Crippen molar-refractivity contribution in [1.29, 1.82) is 0 Å². The first-order valence-corrected chi connectivity index (χ1v) is 9.09. The molecule has 26 heavy (non-hydrogen) atoms. The third-order valence-corrected chi connectivity index (χ3v) is 5.42. The summed E-state index contributed by atoms with van der Waals surface area (Å²) in [6.07, 6.45) is -0.0639. The molecule has 0 aromatic heterocycles. The summed E-state index contributed by atoms with van der Waals surface area (Å²) in [4.78, 5) is 27.9. The summed E-state index contributed by atoms with van der Waals surface area (Å²) >= 11 is 0. The van der Waals surface area contributed by atoms with Gasteiger partial charge in [-0.15, -0.1) is 0 Å². The fourth-order valence-electron chi connectivity index (χ4n) is 4.09. The molecule has 0 bridgehead atoms. The first-order valence-electron chi connectivity index (χ1n) is 9.09. The van der Waals surface area contributed by atoms with Crippen molar-refractivity contribution >= 4 is 11.8 Å². The normalized spacial score (nSPS) is 16.9. The van der Waals surface area contributed by atoms with Crippen LogP contribution in [-0.4, -0.2) is 54.8 Å². The first-order chi connectivity index (χ1) is 12.7. The maximum absolute atomic E-state index is 12.2. The van der Waals surface area contributed by atoms with E-state index in [1.807, 2.05) is 0 Å². The molecular weight excluding hydrogens is 326 g/mol. The summed E-state index contributed by atoms with van der Waals surface area (Å²) in [5.74, 6) is -0.313. The number of nitrogens with zero attached hydrogens (tertiary/aromatic N) is 2. The van der Waals surface area contributed by atoms with Crippen molar-refractivity contribution in [2.45, 2.75) is 12.5 Å². The van der Waals surface area contributed by atoms with Gasteiger partial charge in [-0.2, -0.15) is 0 Å². The lowest BCUT2D eigenvalue weighted by Crippen LogP contribution is -2.50. The minimum atomic E-state index is -0.226. The zero-order valence-electron chi connectivity index (χ0n) is 14.9. The highest BCUT2D eigenvalue weighted by Crippen LogP contribution is 2.46. The SMILES string of the molecule is CNC(=O)CC(=O)N1CCN(C2c3ccccc3-c3ccccc32)CC1. The summed E-state index contributed by atoms with van der Waals surface area (Å²) in [6.45, 7) is 2.95. The van der Waals surface area contributed by atoms with Gasteiger partial charge in [0.15, 0.2) is 0 Å². The van der Waals surface area contributed by atoms with Crippen LogP contribution in [0.3, 0.4) is 0 Å². The largest absolute Gasteiger partial charge is 0.359 e. The van der Waals surface area contributed by atoms with Gasteiger partial charge in [0.2, 0.25) is 11.8 Å². The number of rotatable bonds is 3. The lowest BCUT2D eigenvalue weighted by Gasteiger charge is -2.38. The maximum Gasteiger partial charge on any atom is 0.232 e. The molecule has 0 atom stereocenters. The van der Waals surface area contributed by atoms with E-state index in [0.717, 1.165) is 13.1 Å². The van der Waals surface area contributed by atoms with Crippen LogP contribution in [-0.2, 0) is 9.59 Å². The monoisotopic (exact) mass is 349 g/mol. The van der Waals surface area contributed by atoms with Crippen LogP contribution in [0.25, 0.3) is 11.1 Å². The van der Waals surface area contributed by atoms with Gasteiger partial charge in [-0.3, -0.25) is 14.5 Å². The second-order valence-electron chi connectivity index (χ2n) is 6.84. The van der Waals surface area contributed by atoms with Crippen molar-refractivity contribution in [2.75, 3.05) is 33.2 Å². The van der Waals surface area contributed by atoms with Gasteiger partial charge in [-0.1, -0.05) is 48.5 Å². The molecule has 1 fully saturated rings. The van der Waals surface area contributed by atoms with Crippen LogP contribution >= 0.6 is 0 Å². The lowest BCUT2D eigenvalue weighted by atomic mass is 10.0. The Hall–Kier alpha value is -2.66. The Bertz CT molecular complexity index is 795. The number of hydrogen-bond acceptors (Lipinski definition) is 3. The molecule has 2 aliphatic rings. The van der Waals surface area contributed by atoms with Crippen LogP contribution in [0.5, 0.6) is 0 Å². The van der Waals surface area contributed by atoms with Gasteiger partial charge in [-0.05, 0) is 22.3 Å². The summed E-state index contributed by atoms with van der Waals surface area (Å²) in [7, 11) is 1.56. The van der Waals surface area contributed by atoms with E-state index in [0.29, 0.717) is 13.1 Å². The van der Waals surface area contributed by atoms with E-state index >= 15 is 0 Å². The Labute approximate surface area is 153 Å². The van der Waals surface area contributed by atoms with E-state index in [4.69, 9.17) is 0 Å². The molecular formula is C21H23N3O2. The number of hydrogen-bond donors (Lipinski definition) is 1. The molecule has 1 N–H and O–H groups in total. The molecule has 5 heteroatoms. The summed E-state index contributed by atoms with van der Waals surface area (Å²) in [6, 6.07) is 17.4. The van der Waals surface area contributed by atoms with Crippen molar-refractivity contribution in [3.05, 3.63) is 59.7 Å². The van der Waals surface area contributed by atoms with Crippen molar-refractivity contribution in [1.82, 2.24) is 15.1 Å². The van der Waals surface area contributed by atoms with Crippen LogP contribution in [0.15, 0.2) is 48.5 Å². The molecule has 0 spiro atoms. The average molecular weight is 349 g/mol. The van der Waals surface area contributed by atoms with E-state index in [9.17, 15) is 9.59 Å². The molecule has 1 saturated heterocycles. The molecule has 1 aliphatic carbocycles. The molecule has 2 aromatic carbocycles. The molecule has 0 unspecified atom stereocenters. The van der Waals surface area contributed by atoms with Crippen LogP contribution in [0.2, 0.25) is 0 Å². The zero-order valence-corrected chi connectivity index (χ0v) is 14.9. The van der Waals surface area contributed by atoms with Gasteiger partial charge in [0, 0.05) is 33.2 Å². The predicted octanol–water partition coefficient (Wildman–Crippen LogP) is 2.04. The van der Waals surface area contributed by atoms with E-state index in [-0.39, 0.29) is 24.3 Å². The third kappa shape index (κ3) is 2.88. The van der Waals surface area contributed by atoms with E-state index in [1.54, 1.807) is 11.9 Å². The second-order valence-corrected chi connectivity index (χ2v) is 6.84. The van der Waals surface area contributed by atoms with Gasteiger partial charge in [0.1, 0.15) is 6.42 Å². The van der Waals surface area contributed by atoms with Crippen LogP contribution < -0.4 is 5.32 Å². The fraction of sp³-hybridized carbons (Fsp3) is 0.333. The highest BCUT2D eigenvalue weighted by Gasteiger charge is 2.34. The van der Waals surface area contributed by atoms with E-state index in [2.05, 4.69) is 58.7 Å². The lowest BCUT2D eigenvalue weighted by molar-refractivity contribution is -0.137. The third-order valence-electron chi connectivity index (χ3n) is 5.42. The van der Waals surface area contributed by atoms with Gasteiger partial charge in [0.05, 0.1) is 6.04 Å². The first kappa shape index (κ1) is 16.8. The van der Waals surface area contributed by atoms with Gasteiger partial charge in [0.25, 0.3) is 0 Å². The van der Waals surface area contributed by atoms with Gasteiger partial charge in [-0.25, -0.2) is 0 Å². The molecule has 5 nitrogen and oxygen atoms in total. The molecule has 0 radical (unpaired) electrons. The Kier molecular flexibility index (Phi) is 4.47. The molecule has 4 rings (SSSR count). The van der Waals surface area contributed by atoms with Crippen LogP contribution in [0.1, 0.15) is 23.6 Å². The quantitative estimate of drug-likeness (QED) is 0.863. The average Bonchev–Trinajstić information content (AvgIpc) is 3.02. The van der Waals surface area contributed by atoms with Crippen molar-refractivity contribution in [3.63, 3.8) is 0 Å². The Balaban J connectivity index is 1.52. The summed E-state index contributed by atoms with van der Waals surface area (Å²) < 4.78 is 0. The molecule has 1 aliphatic heterocycles. The zero-order chi connectivity index (χ0) is 18.1. The minimum absolute atomic E-state index is 0.0639. The number of carbonyl (C=O) groups is 2. The standard InChI is InChI=1S/C21H23N3O2/c1-22-19(25)14-20(26)23-10-12-24(13-11-23)21-17-8-4-2-6-15(17)16-7-3-5-9-18(16)21/h2-9,21H,10-14H2,1H3,(H,22,25). The molecule has 1 heterocycles. The predicted molar refractivity (Wildman–Crippen MR) is 101 cm³/mol. The van der Waals surface area contributed by atoms with Gasteiger partial charge < -0.3 is 10.2 Å². The number of nitrogens with one attached hydrogen (secondary N) is 1. The smallest absolute Gasteiger partial charge is 0.232 e. The Morgan fingerprint density at radius 1 is 0.923 bits per heavy atom. The fourth-order valence-corrected chi connectivity index (χ4v) is 4.09. The van der Waals surface area contributed by atoms with Crippen molar-refractivity contribution < 1.29 is 9.59 Å². The van der Waals surface area contributed by atoms with Crippen LogP contribution in [0, 0.1) is 0 Å². The Morgan fingerprint density at radius 2 is 1.46 bits per heavy atom. The maximum atomic E-state index is 12.2. The van der Waals surface area contributed by atoms with E-state index in [1.165, 1.54) is 22.3 Å². The van der Waals surface area contributed by atoms with Crippen LogP contribution in [0.4, 0.5) is 0 Å². The molecule has 0 saturated carbocycles. The number of carbonyl (C=O) groups excluding carboxylic acids is 2. The molecule has 2 amide bonds. The van der Waals surface area contributed by atoms with Crippen molar-refractivity contribution in [3.8, 4) is 11.1 Å². The number of fused-ring (bicyclic) bond motifs is 3. The number of amides is 2. The number of benzene rings is 2. The summed E-state index contributed by atoms with van der Waals surface area (Å²) in [5, 5.41) is 2.51. The number of piperazine rings is 1. The molecule has 2 aromatic rings. The Morgan fingerprint density at radius 3 is 2.00 bits per heavy atom. The van der Waals surface area contributed by atoms with Gasteiger partial charge >= 0.3 is 0 Å². The summed E-state index contributed by atoms with van der Waals surface area (Å²) in [5.41, 5.74) is 5.31. The second kappa shape index (κ2) is 6.92. The van der Waals surface area contributed by atoms with Crippen molar-refractivity contribution in [2.24, 2.45) is 0 Å². The van der Waals surface area contributed by atoms with E-state index < -0.39 is 0 Å². The molecule has 134 valence electrons. The highest BCUT2D eigenvalue weighted by molar-refractivity contribution is 5.96.